The topological polar surface area (TPSA) is 29.3 Å². The Morgan fingerprint density at radius 3 is 2.59 bits per heavy atom. The van der Waals surface area contributed by atoms with Gasteiger partial charge in [0.25, 0.3) is 0 Å². The van der Waals surface area contributed by atoms with Crippen LogP contribution in [0.2, 0.25) is 0 Å². The van der Waals surface area contributed by atoms with Crippen molar-refractivity contribution in [2.75, 3.05) is 13.6 Å². The Bertz CT molecular complexity index is 365. The van der Waals surface area contributed by atoms with Gasteiger partial charge in [-0.25, -0.2) is 4.39 Å². The molecule has 0 saturated heterocycles. The number of hydrogen-bond acceptors (Lipinski definition) is 2. The Labute approximate surface area is 104 Å². The van der Waals surface area contributed by atoms with Crippen LogP contribution in [-0.2, 0) is 0 Å². The van der Waals surface area contributed by atoms with Crippen LogP contribution in [0.25, 0.3) is 0 Å². The highest BCUT2D eigenvalue weighted by Crippen LogP contribution is 2.24. The molecule has 0 amide bonds. The van der Waals surface area contributed by atoms with Gasteiger partial charge >= 0.3 is 0 Å². The first-order chi connectivity index (χ1) is 8.01. The van der Waals surface area contributed by atoms with Crippen molar-refractivity contribution >= 4 is 0 Å². The molecular formula is C14H23FN2. The number of likely N-dealkylation sites (N-methyl/N-ethyl adjacent to an activating group) is 1. The maximum atomic E-state index is 13.9. The fraction of sp³-hybridized carbons (Fsp3) is 0.571. The first-order valence-electron chi connectivity index (χ1n) is 6.19. The van der Waals surface area contributed by atoms with Gasteiger partial charge in [0, 0.05) is 24.2 Å². The van der Waals surface area contributed by atoms with Crippen LogP contribution in [-0.4, -0.2) is 24.5 Å². The normalized spacial score (nSPS) is 15.0. The lowest BCUT2D eigenvalue weighted by atomic mass is 10.0. The number of rotatable bonds is 5. The zero-order valence-electron chi connectivity index (χ0n) is 11.2. The number of aryl methyl sites for hydroxylation is 1. The molecule has 17 heavy (non-hydrogen) atoms. The van der Waals surface area contributed by atoms with Crippen molar-refractivity contribution in [3.63, 3.8) is 0 Å². The summed E-state index contributed by atoms with van der Waals surface area (Å²) in [5.74, 6) is -0.166. The minimum Gasteiger partial charge on any atom is -0.329 e. The van der Waals surface area contributed by atoms with Gasteiger partial charge < -0.3 is 5.73 Å². The third-order valence-corrected chi connectivity index (χ3v) is 3.51. The lowest BCUT2D eigenvalue weighted by molar-refractivity contribution is 0.181. The number of nitrogens with two attached hydrogens (primary N) is 1. The SMILES string of the molecule is CCC(C)N(C)C(CN)c1cc(C)ccc1F. The molecular weight excluding hydrogens is 215 g/mol. The molecule has 2 N–H and O–H groups in total. The van der Waals surface area contributed by atoms with E-state index in [4.69, 9.17) is 5.73 Å². The van der Waals surface area contributed by atoms with Gasteiger partial charge in [0.05, 0.1) is 0 Å². The van der Waals surface area contributed by atoms with Crippen LogP contribution in [0.3, 0.4) is 0 Å². The van der Waals surface area contributed by atoms with Gasteiger partial charge in [0.15, 0.2) is 0 Å². The Kier molecular flexibility index (Phi) is 5.09. The number of halogens is 1. The van der Waals surface area contributed by atoms with Crippen LogP contribution in [0.1, 0.15) is 37.4 Å². The fourth-order valence-electron chi connectivity index (χ4n) is 2.03. The zero-order chi connectivity index (χ0) is 13.0. The maximum Gasteiger partial charge on any atom is 0.128 e. The van der Waals surface area contributed by atoms with Crippen LogP contribution < -0.4 is 5.73 Å². The third kappa shape index (κ3) is 3.27. The standard InChI is InChI=1S/C14H23FN2/c1-5-11(3)17(4)14(9-16)12-8-10(2)6-7-13(12)15/h6-8,11,14H,5,9,16H2,1-4H3. The maximum absolute atomic E-state index is 13.9. The average molecular weight is 238 g/mol. The molecule has 0 aromatic heterocycles. The molecule has 0 aliphatic carbocycles. The molecule has 0 bridgehead atoms. The summed E-state index contributed by atoms with van der Waals surface area (Å²) in [7, 11) is 2.01. The van der Waals surface area contributed by atoms with E-state index in [9.17, 15) is 4.39 Å². The smallest absolute Gasteiger partial charge is 0.128 e. The van der Waals surface area contributed by atoms with E-state index in [1.54, 1.807) is 6.07 Å². The van der Waals surface area contributed by atoms with E-state index < -0.39 is 0 Å². The van der Waals surface area contributed by atoms with Crippen molar-refractivity contribution in [3.8, 4) is 0 Å². The minimum atomic E-state index is -0.166. The molecule has 0 fully saturated rings. The van der Waals surface area contributed by atoms with Crippen LogP contribution in [0, 0.1) is 12.7 Å². The second-order valence-electron chi connectivity index (χ2n) is 4.70. The number of benzene rings is 1. The first-order valence-corrected chi connectivity index (χ1v) is 6.19. The van der Waals surface area contributed by atoms with Gasteiger partial charge in [-0.1, -0.05) is 24.6 Å². The minimum absolute atomic E-state index is 0.0511. The van der Waals surface area contributed by atoms with Crippen LogP contribution >= 0.6 is 0 Å². The molecule has 0 spiro atoms. The predicted octanol–water partition coefficient (Wildman–Crippen LogP) is 2.86. The fourth-order valence-corrected chi connectivity index (χ4v) is 2.03. The summed E-state index contributed by atoms with van der Waals surface area (Å²) in [5.41, 5.74) is 7.58. The lowest BCUT2D eigenvalue weighted by Crippen LogP contribution is -2.37. The van der Waals surface area contributed by atoms with Crippen LogP contribution in [0.4, 0.5) is 4.39 Å². The molecule has 0 aliphatic rings. The van der Waals surface area contributed by atoms with Gasteiger partial charge in [-0.15, -0.1) is 0 Å². The van der Waals surface area contributed by atoms with E-state index >= 15 is 0 Å². The van der Waals surface area contributed by atoms with Crippen molar-refractivity contribution in [1.29, 1.82) is 0 Å². The van der Waals surface area contributed by atoms with Gasteiger partial charge in [0.1, 0.15) is 5.82 Å². The van der Waals surface area contributed by atoms with Gasteiger partial charge in [-0.3, -0.25) is 4.90 Å². The van der Waals surface area contributed by atoms with Gasteiger partial charge in [-0.05, 0) is 33.4 Å². The Balaban J connectivity index is 3.04. The molecule has 3 heteroatoms. The van der Waals surface area contributed by atoms with Crippen molar-refractivity contribution in [3.05, 3.63) is 35.1 Å². The molecule has 0 radical (unpaired) electrons. The second-order valence-corrected chi connectivity index (χ2v) is 4.70. The molecule has 0 saturated carbocycles. The monoisotopic (exact) mass is 238 g/mol. The molecule has 96 valence electrons. The highest BCUT2D eigenvalue weighted by atomic mass is 19.1. The van der Waals surface area contributed by atoms with E-state index in [1.165, 1.54) is 6.07 Å². The van der Waals surface area contributed by atoms with E-state index in [-0.39, 0.29) is 11.9 Å². The highest BCUT2D eigenvalue weighted by molar-refractivity contribution is 5.27. The molecule has 1 rings (SSSR count). The third-order valence-electron chi connectivity index (χ3n) is 3.51. The van der Waals surface area contributed by atoms with Crippen molar-refractivity contribution in [1.82, 2.24) is 4.90 Å². The van der Waals surface area contributed by atoms with Gasteiger partial charge in [-0.2, -0.15) is 0 Å². The summed E-state index contributed by atoms with van der Waals surface area (Å²) in [6.45, 7) is 6.67. The van der Waals surface area contributed by atoms with Gasteiger partial charge in [0.2, 0.25) is 0 Å². The lowest BCUT2D eigenvalue weighted by Gasteiger charge is -2.32. The largest absolute Gasteiger partial charge is 0.329 e. The molecule has 0 aliphatic heterocycles. The summed E-state index contributed by atoms with van der Waals surface area (Å²) in [5, 5.41) is 0. The van der Waals surface area contributed by atoms with Crippen molar-refractivity contribution in [2.45, 2.75) is 39.3 Å². The molecule has 1 aromatic carbocycles. The van der Waals surface area contributed by atoms with E-state index in [2.05, 4.69) is 18.7 Å². The molecule has 1 aromatic rings. The second kappa shape index (κ2) is 6.12. The Morgan fingerprint density at radius 2 is 2.06 bits per heavy atom. The molecule has 2 nitrogen and oxygen atoms in total. The predicted molar refractivity (Wildman–Crippen MR) is 70.4 cm³/mol. The highest BCUT2D eigenvalue weighted by Gasteiger charge is 2.22. The summed E-state index contributed by atoms with van der Waals surface area (Å²) in [4.78, 5) is 2.15. The number of nitrogens with zero attached hydrogens (tertiary/aromatic N) is 1. The van der Waals surface area contributed by atoms with Crippen LogP contribution in [0.5, 0.6) is 0 Å². The Morgan fingerprint density at radius 1 is 1.41 bits per heavy atom. The Hall–Kier alpha value is -0.930. The first kappa shape index (κ1) is 14.1. The summed E-state index contributed by atoms with van der Waals surface area (Å²) in [6.07, 6.45) is 1.03. The average Bonchev–Trinajstić information content (AvgIpc) is 2.33. The van der Waals surface area contributed by atoms with Crippen LogP contribution in [0.15, 0.2) is 18.2 Å². The quantitative estimate of drug-likeness (QED) is 0.854. The summed E-state index contributed by atoms with van der Waals surface area (Å²) in [6, 6.07) is 5.55. The molecule has 2 unspecified atom stereocenters. The van der Waals surface area contributed by atoms with Crippen molar-refractivity contribution < 1.29 is 4.39 Å². The summed E-state index contributed by atoms with van der Waals surface area (Å²) < 4.78 is 13.9. The van der Waals surface area contributed by atoms with Crippen molar-refractivity contribution in [2.24, 2.45) is 5.73 Å². The number of hydrogen-bond donors (Lipinski definition) is 1. The van der Waals surface area contributed by atoms with E-state index in [0.717, 1.165) is 12.0 Å². The zero-order valence-corrected chi connectivity index (χ0v) is 11.2. The molecule has 2 atom stereocenters. The summed E-state index contributed by atoms with van der Waals surface area (Å²) >= 11 is 0. The van der Waals surface area contributed by atoms with E-state index in [1.807, 2.05) is 20.0 Å². The molecule has 0 heterocycles. The van der Waals surface area contributed by atoms with E-state index in [0.29, 0.717) is 18.2 Å².